The minimum Gasteiger partial charge on any atom is -0.391 e. The van der Waals surface area contributed by atoms with E-state index in [1.807, 2.05) is 0 Å². The number of carbonyl (C=O) groups is 1. The van der Waals surface area contributed by atoms with Crippen LogP contribution in [0, 0.1) is 5.41 Å². The zero-order chi connectivity index (χ0) is 18.6. The van der Waals surface area contributed by atoms with E-state index in [4.69, 9.17) is 0 Å². The van der Waals surface area contributed by atoms with Crippen LogP contribution < -0.4 is 10.6 Å². The first kappa shape index (κ1) is 19.7. The lowest BCUT2D eigenvalue weighted by Crippen LogP contribution is -2.53. The number of hydrogen-bond acceptors (Lipinski definition) is 3. The van der Waals surface area contributed by atoms with Crippen LogP contribution in [0.2, 0.25) is 0 Å². The molecular formula is C21H37N3O2. The van der Waals surface area contributed by atoms with E-state index in [0.717, 1.165) is 45.2 Å². The molecule has 0 spiro atoms. The fraction of sp³-hybridized carbons (Fsp3) is 0.857. The van der Waals surface area contributed by atoms with Gasteiger partial charge >= 0.3 is 6.03 Å². The quantitative estimate of drug-likeness (QED) is 0.657. The highest BCUT2D eigenvalue weighted by molar-refractivity contribution is 5.74. The Hall–Kier alpha value is -1.07. The molecule has 148 valence electrons. The summed E-state index contributed by atoms with van der Waals surface area (Å²) in [5.74, 6) is 0. The zero-order valence-electron chi connectivity index (χ0n) is 16.6. The van der Waals surface area contributed by atoms with Crippen molar-refractivity contribution in [3.05, 3.63) is 11.6 Å². The number of hydrogen-bond donors (Lipinski definition) is 3. The highest BCUT2D eigenvalue weighted by Gasteiger charge is 2.32. The van der Waals surface area contributed by atoms with Gasteiger partial charge in [0.05, 0.1) is 6.10 Å². The Morgan fingerprint density at radius 1 is 1.19 bits per heavy atom. The molecule has 2 amide bonds. The maximum absolute atomic E-state index is 12.3. The molecule has 3 rings (SSSR count). The molecule has 1 aliphatic heterocycles. The van der Waals surface area contributed by atoms with E-state index in [-0.39, 0.29) is 23.6 Å². The predicted molar refractivity (Wildman–Crippen MR) is 105 cm³/mol. The van der Waals surface area contributed by atoms with Crippen molar-refractivity contribution in [1.82, 2.24) is 15.5 Å². The molecule has 1 saturated carbocycles. The molecule has 2 atom stereocenters. The summed E-state index contributed by atoms with van der Waals surface area (Å²) < 4.78 is 0. The molecule has 26 heavy (non-hydrogen) atoms. The number of carbonyl (C=O) groups excluding carboxylic acids is 1. The number of nitrogens with one attached hydrogen (secondary N) is 2. The van der Waals surface area contributed by atoms with E-state index in [2.05, 4.69) is 35.5 Å². The van der Waals surface area contributed by atoms with Gasteiger partial charge in [0.25, 0.3) is 0 Å². The lowest BCUT2D eigenvalue weighted by atomic mass is 9.83. The van der Waals surface area contributed by atoms with Crippen molar-refractivity contribution in [2.75, 3.05) is 19.6 Å². The third-order valence-electron chi connectivity index (χ3n) is 6.63. The zero-order valence-corrected chi connectivity index (χ0v) is 16.6. The van der Waals surface area contributed by atoms with E-state index in [1.165, 1.54) is 31.3 Å². The summed E-state index contributed by atoms with van der Waals surface area (Å²) in [7, 11) is 0. The van der Waals surface area contributed by atoms with Gasteiger partial charge in [0.1, 0.15) is 0 Å². The maximum atomic E-state index is 12.3. The molecule has 5 heteroatoms. The third-order valence-corrected chi connectivity index (χ3v) is 6.63. The number of amides is 2. The molecule has 0 bridgehead atoms. The van der Waals surface area contributed by atoms with E-state index < -0.39 is 0 Å². The molecule has 1 saturated heterocycles. The molecular weight excluding hydrogens is 326 g/mol. The van der Waals surface area contributed by atoms with Crippen molar-refractivity contribution in [2.45, 2.75) is 89.8 Å². The van der Waals surface area contributed by atoms with Gasteiger partial charge in [-0.25, -0.2) is 4.79 Å². The second-order valence-electron chi connectivity index (χ2n) is 9.06. The average molecular weight is 364 g/mol. The highest BCUT2D eigenvalue weighted by Crippen LogP contribution is 2.34. The molecule has 0 radical (unpaired) electrons. The van der Waals surface area contributed by atoms with Crippen molar-refractivity contribution < 1.29 is 9.90 Å². The van der Waals surface area contributed by atoms with Crippen LogP contribution in [0.1, 0.15) is 71.6 Å². The molecule has 0 aromatic carbocycles. The molecule has 0 aromatic heterocycles. The topological polar surface area (TPSA) is 64.6 Å². The van der Waals surface area contributed by atoms with Crippen LogP contribution in [-0.4, -0.2) is 53.9 Å². The van der Waals surface area contributed by atoms with Gasteiger partial charge in [-0.2, -0.15) is 0 Å². The van der Waals surface area contributed by atoms with Crippen molar-refractivity contribution >= 4 is 6.03 Å². The van der Waals surface area contributed by atoms with Crippen LogP contribution in [0.25, 0.3) is 0 Å². The Balaban J connectivity index is 1.38. The summed E-state index contributed by atoms with van der Waals surface area (Å²) in [6.45, 7) is 7.09. The number of rotatable bonds is 5. The minimum atomic E-state index is -0.163. The fourth-order valence-corrected chi connectivity index (χ4v) is 4.83. The number of nitrogens with zero attached hydrogens (tertiary/aromatic N) is 1. The summed E-state index contributed by atoms with van der Waals surface area (Å²) >= 11 is 0. The number of piperidine rings is 1. The van der Waals surface area contributed by atoms with Crippen molar-refractivity contribution in [2.24, 2.45) is 5.41 Å². The molecule has 2 aliphatic carbocycles. The van der Waals surface area contributed by atoms with Crippen LogP contribution >= 0.6 is 0 Å². The summed E-state index contributed by atoms with van der Waals surface area (Å²) in [6.07, 6.45) is 12.2. The molecule has 3 N–H and O–H groups in total. The summed E-state index contributed by atoms with van der Waals surface area (Å²) in [5.41, 5.74) is 1.53. The van der Waals surface area contributed by atoms with Crippen LogP contribution in [0.5, 0.6) is 0 Å². The largest absolute Gasteiger partial charge is 0.391 e. The molecule has 0 aromatic rings. The van der Waals surface area contributed by atoms with E-state index >= 15 is 0 Å². The monoisotopic (exact) mass is 363 g/mol. The summed E-state index contributed by atoms with van der Waals surface area (Å²) in [5, 5.41) is 16.5. The second kappa shape index (κ2) is 8.75. The van der Waals surface area contributed by atoms with Gasteiger partial charge in [-0.1, -0.05) is 38.3 Å². The molecule has 3 aliphatic rings. The lowest BCUT2D eigenvalue weighted by Gasteiger charge is -2.41. The van der Waals surface area contributed by atoms with Crippen LogP contribution in [0.4, 0.5) is 4.79 Å². The second-order valence-corrected chi connectivity index (χ2v) is 9.06. The Morgan fingerprint density at radius 3 is 2.58 bits per heavy atom. The van der Waals surface area contributed by atoms with Gasteiger partial charge in [-0.05, 0) is 44.9 Å². The van der Waals surface area contributed by atoms with Crippen LogP contribution in [-0.2, 0) is 0 Å². The first-order valence-corrected chi connectivity index (χ1v) is 10.6. The SMILES string of the molecule is CC(C)(CNC(=O)NC1CCN(C2CCCCC2O)CC1)C1=CCCC1. The van der Waals surface area contributed by atoms with E-state index in [9.17, 15) is 9.90 Å². The Morgan fingerprint density at radius 2 is 1.92 bits per heavy atom. The molecule has 5 nitrogen and oxygen atoms in total. The van der Waals surface area contributed by atoms with Gasteiger partial charge in [-0.15, -0.1) is 0 Å². The van der Waals surface area contributed by atoms with Gasteiger partial charge in [0, 0.05) is 37.1 Å². The Bertz CT molecular complexity index is 509. The normalized spacial score (nSPS) is 28.7. The molecule has 2 unspecified atom stereocenters. The van der Waals surface area contributed by atoms with Gasteiger partial charge in [0.15, 0.2) is 0 Å². The number of aliphatic hydroxyl groups excluding tert-OH is 1. The van der Waals surface area contributed by atoms with E-state index in [0.29, 0.717) is 12.6 Å². The summed E-state index contributed by atoms with van der Waals surface area (Å²) in [4.78, 5) is 14.8. The van der Waals surface area contributed by atoms with Gasteiger partial charge < -0.3 is 15.7 Å². The first-order valence-electron chi connectivity index (χ1n) is 10.6. The lowest BCUT2D eigenvalue weighted by molar-refractivity contribution is 0.00776. The number of likely N-dealkylation sites (tertiary alicyclic amines) is 1. The summed E-state index contributed by atoms with van der Waals surface area (Å²) in [6, 6.07) is 0.549. The van der Waals surface area contributed by atoms with Gasteiger partial charge in [0.2, 0.25) is 0 Å². The van der Waals surface area contributed by atoms with Crippen LogP contribution in [0.3, 0.4) is 0 Å². The number of urea groups is 1. The Labute approximate surface area is 158 Å². The predicted octanol–water partition coefficient (Wildman–Crippen LogP) is 3.19. The maximum Gasteiger partial charge on any atom is 0.315 e. The smallest absolute Gasteiger partial charge is 0.315 e. The van der Waals surface area contributed by atoms with Crippen molar-refractivity contribution in [3.63, 3.8) is 0 Å². The van der Waals surface area contributed by atoms with Crippen molar-refractivity contribution in [1.29, 1.82) is 0 Å². The standard InChI is InChI=1S/C21H37N3O2/c1-21(2,16-7-3-4-8-16)15-22-20(26)23-17-11-13-24(14-12-17)18-9-5-6-10-19(18)25/h7,17-19,25H,3-6,8-15H2,1-2H3,(H2,22,23,26). The highest BCUT2D eigenvalue weighted by atomic mass is 16.3. The molecule has 1 heterocycles. The average Bonchev–Trinajstić information content (AvgIpc) is 3.17. The van der Waals surface area contributed by atoms with Crippen molar-refractivity contribution in [3.8, 4) is 0 Å². The molecule has 2 fully saturated rings. The Kier molecular flexibility index (Phi) is 6.62. The fourth-order valence-electron chi connectivity index (χ4n) is 4.83. The third kappa shape index (κ3) is 5.01. The van der Waals surface area contributed by atoms with Gasteiger partial charge in [-0.3, -0.25) is 4.90 Å². The minimum absolute atomic E-state index is 0.0344. The number of allylic oxidation sites excluding steroid dienone is 1. The van der Waals surface area contributed by atoms with Crippen LogP contribution in [0.15, 0.2) is 11.6 Å². The first-order chi connectivity index (χ1) is 12.5. The van der Waals surface area contributed by atoms with E-state index in [1.54, 1.807) is 0 Å². The number of aliphatic hydroxyl groups is 1.